The molecule has 25 heavy (non-hydrogen) atoms. The summed E-state index contributed by atoms with van der Waals surface area (Å²) >= 11 is 0. The van der Waals surface area contributed by atoms with E-state index in [9.17, 15) is 9.59 Å². The second-order valence-corrected chi connectivity index (χ2v) is 6.97. The molecule has 0 aliphatic heterocycles. The lowest BCUT2D eigenvalue weighted by atomic mass is 10.1. The van der Waals surface area contributed by atoms with Crippen LogP contribution in [0.1, 0.15) is 84.5 Å². The van der Waals surface area contributed by atoms with Crippen molar-refractivity contribution >= 4 is 11.7 Å². The van der Waals surface area contributed by atoms with Crippen LogP contribution in [-0.2, 0) is 9.59 Å². The zero-order valence-electron chi connectivity index (χ0n) is 16.5. The van der Waals surface area contributed by atoms with Crippen molar-refractivity contribution in [3.05, 3.63) is 0 Å². The van der Waals surface area contributed by atoms with Crippen LogP contribution in [0.4, 0.5) is 0 Å². The highest BCUT2D eigenvalue weighted by molar-refractivity contribution is 5.75. The molecule has 0 aromatic heterocycles. The van der Waals surface area contributed by atoms with E-state index in [2.05, 4.69) is 5.32 Å². The molecule has 0 unspecified atom stereocenters. The second kappa shape index (κ2) is 17.9. The molecule has 0 rings (SSSR count). The third-order valence-corrected chi connectivity index (χ3v) is 4.51. The van der Waals surface area contributed by atoms with Crippen molar-refractivity contribution in [3.8, 4) is 0 Å². The molecule has 0 aromatic rings. The lowest BCUT2D eigenvalue weighted by Gasteiger charge is -2.19. The maximum atomic E-state index is 11.3. The number of hydrogen-bond donors (Lipinski definition) is 2. The minimum absolute atomic E-state index is 0.0229. The maximum absolute atomic E-state index is 11.3. The molecule has 0 saturated carbocycles. The molecule has 0 aliphatic carbocycles. The number of Topliss-reactive ketones (excluding diaryl/α,β-unsaturated/α-hetero) is 1. The van der Waals surface area contributed by atoms with E-state index in [-0.39, 0.29) is 12.5 Å². The first-order valence-corrected chi connectivity index (χ1v) is 10.1. The summed E-state index contributed by atoms with van der Waals surface area (Å²) in [7, 11) is 0. The van der Waals surface area contributed by atoms with Crippen LogP contribution in [0.15, 0.2) is 0 Å². The van der Waals surface area contributed by atoms with Gasteiger partial charge < -0.3 is 20.1 Å². The summed E-state index contributed by atoms with van der Waals surface area (Å²) in [5, 5.41) is 12.3. The number of carbonyl (C=O) groups excluding carboxylic acids is 2. The fourth-order valence-corrected chi connectivity index (χ4v) is 2.92. The molecule has 0 saturated heterocycles. The van der Waals surface area contributed by atoms with Crippen LogP contribution in [0.3, 0.4) is 0 Å². The van der Waals surface area contributed by atoms with Crippen LogP contribution >= 0.6 is 0 Å². The predicted octanol–water partition coefficient (Wildman–Crippen LogP) is 3.30. The quantitative estimate of drug-likeness (QED) is 0.370. The number of carbonyl (C=O) groups is 2. The molecule has 0 aliphatic rings. The highest BCUT2D eigenvalue weighted by Crippen LogP contribution is 2.11. The highest BCUT2D eigenvalue weighted by Gasteiger charge is 2.06. The van der Waals surface area contributed by atoms with E-state index < -0.39 is 0 Å². The fourth-order valence-electron chi connectivity index (χ4n) is 2.92. The van der Waals surface area contributed by atoms with Gasteiger partial charge in [0.15, 0.2) is 0 Å². The Morgan fingerprint density at radius 2 is 1.28 bits per heavy atom. The molecule has 0 aromatic carbocycles. The zero-order chi connectivity index (χ0) is 18.8. The van der Waals surface area contributed by atoms with E-state index in [0.717, 1.165) is 25.9 Å². The van der Waals surface area contributed by atoms with E-state index >= 15 is 0 Å². The lowest BCUT2D eigenvalue weighted by Crippen LogP contribution is -2.37. The van der Waals surface area contributed by atoms with Crippen molar-refractivity contribution in [3.63, 3.8) is 0 Å². The molecule has 148 valence electrons. The topological polar surface area (TPSA) is 69.6 Å². The fraction of sp³-hybridized carbons (Fsp3) is 0.900. The first-order chi connectivity index (χ1) is 12.1. The molecule has 0 bridgehead atoms. The van der Waals surface area contributed by atoms with Crippen molar-refractivity contribution in [2.45, 2.75) is 84.5 Å². The SMILES string of the molecule is CC(=O)CCCCCCCCCCCCNCCN(CCO)C(C)=O. The predicted molar refractivity (Wildman–Crippen MR) is 104 cm³/mol. The van der Waals surface area contributed by atoms with Gasteiger partial charge in [0.1, 0.15) is 5.78 Å². The Bertz CT molecular complexity index is 335. The van der Waals surface area contributed by atoms with Gasteiger partial charge in [-0.3, -0.25) is 4.79 Å². The van der Waals surface area contributed by atoms with E-state index in [0.29, 0.717) is 18.9 Å². The molecule has 1 amide bonds. The van der Waals surface area contributed by atoms with Gasteiger partial charge in [0.2, 0.25) is 5.91 Å². The Labute approximate surface area is 154 Å². The number of nitrogens with zero attached hydrogens (tertiary/aromatic N) is 1. The van der Waals surface area contributed by atoms with Crippen LogP contribution in [0.2, 0.25) is 0 Å². The number of amides is 1. The molecular weight excluding hydrogens is 316 g/mol. The number of aliphatic hydroxyl groups excluding tert-OH is 1. The Balaban J connectivity index is 3.21. The second-order valence-electron chi connectivity index (χ2n) is 6.97. The third kappa shape index (κ3) is 17.7. The lowest BCUT2D eigenvalue weighted by molar-refractivity contribution is -0.129. The first-order valence-electron chi connectivity index (χ1n) is 10.1. The van der Waals surface area contributed by atoms with Crippen LogP contribution in [0.25, 0.3) is 0 Å². The van der Waals surface area contributed by atoms with Crippen LogP contribution in [-0.4, -0.2) is 54.5 Å². The van der Waals surface area contributed by atoms with Gasteiger partial charge >= 0.3 is 0 Å². The van der Waals surface area contributed by atoms with Gasteiger partial charge in [-0.15, -0.1) is 0 Å². The summed E-state index contributed by atoms with van der Waals surface area (Å²) in [6.07, 6.45) is 13.3. The Morgan fingerprint density at radius 1 is 0.760 bits per heavy atom. The van der Waals surface area contributed by atoms with Gasteiger partial charge in [-0.25, -0.2) is 0 Å². The normalized spacial score (nSPS) is 10.8. The summed E-state index contributed by atoms with van der Waals surface area (Å²) in [4.78, 5) is 23.8. The molecule has 0 radical (unpaired) electrons. The van der Waals surface area contributed by atoms with E-state index in [4.69, 9.17) is 5.11 Å². The number of aliphatic hydroxyl groups is 1. The summed E-state index contributed by atoms with van der Waals surface area (Å²) in [5.74, 6) is 0.338. The molecule has 5 heteroatoms. The van der Waals surface area contributed by atoms with Crippen molar-refractivity contribution in [2.75, 3.05) is 32.8 Å². The van der Waals surface area contributed by atoms with Crippen molar-refractivity contribution in [1.82, 2.24) is 10.2 Å². The maximum Gasteiger partial charge on any atom is 0.219 e. The molecule has 5 nitrogen and oxygen atoms in total. The molecule has 0 spiro atoms. The number of hydrogen-bond acceptors (Lipinski definition) is 4. The van der Waals surface area contributed by atoms with Crippen LogP contribution < -0.4 is 5.32 Å². The number of rotatable bonds is 18. The monoisotopic (exact) mass is 356 g/mol. The summed E-state index contributed by atoms with van der Waals surface area (Å²) in [6.45, 7) is 6.13. The van der Waals surface area contributed by atoms with E-state index in [1.54, 1.807) is 18.7 Å². The zero-order valence-corrected chi connectivity index (χ0v) is 16.5. The molecule has 0 atom stereocenters. The summed E-state index contributed by atoms with van der Waals surface area (Å²) in [6, 6.07) is 0. The van der Waals surface area contributed by atoms with Crippen LogP contribution in [0.5, 0.6) is 0 Å². The minimum Gasteiger partial charge on any atom is -0.395 e. The molecule has 0 fully saturated rings. The molecule has 0 heterocycles. The third-order valence-electron chi connectivity index (χ3n) is 4.51. The van der Waals surface area contributed by atoms with E-state index in [1.165, 1.54) is 57.8 Å². The average Bonchev–Trinajstić information content (AvgIpc) is 2.56. The highest BCUT2D eigenvalue weighted by atomic mass is 16.3. The van der Waals surface area contributed by atoms with E-state index in [1.807, 2.05) is 0 Å². The van der Waals surface area contributed by atoms with Gasteiger partial charge in [0.05, 0.1) is 6.61 Å². The summed E-state index contributed by atoms with van der Waals surface area (Å²) < 4.78 is 0. The standard InChI is InChI=1S/C20H40N2O3/c1-19(24)13-11-9-7-5-3-4-6-8-10-12-14-21-15-16-22(17-18-23)20(2)25/h21,23H,3-18H2,1-2H3. The molecule has 2 N–H and O–H groups in total. The van der Waals surface area contributed by atoms with Crippen molar-refractivity contribution in [1.29, 1.82) is 0 Å². The summed E-state index contributed by atoms with van der Waals surface area (Å²) in [5.41, 5.74) is 0. The number of ketones is 1. The number of nitrogens with one attached hydrogen (secondary N) is 1. The minimum atomic E-state index is 0.0229. The van der Waals surface area contributed by atoms with Gasteiger partial charge in [0, 0.05) is 33.0 Å². The number of unbranched alkanes of at least 4 members (excludes halogenated alkanes) is 9. The first kappa shape index (κ1) is 24.1. The Morgan fingerprint density at radius 3 is 1.76 bits per heavy atom. The van der Waals surface area contributed by atoms with Gasteiger partial charge in [-0.05, 0) is 26.3 Å². The van der Waals surface area contributed by atoms with Gasteiger partial charge in [0.25, 0.3) is 0 Å². The van der Waals surface area contributed by atoms with Gasteiger partial charge in [-0.2, -0.15) is 0 Å². The Kier molecular flexibility index (Phi) is 17.2. The smallest absolute Gasteiger partial charge is 0.219 e. The van der Waals surface area contributed by atoms with Gasteiger partial charge in [-0.1, -0.05) is 51.4 Å². The molecular formula is C20H40N2O3. The van der Waals surface area contributed by atoms with Crippen LogP contribution in [0, 0.1) is 0 Å². The largest absolute Gasteiger partial charge is 0.395 e. The van der Waals surface area contributed by atoms with Crippen molar-refractivity contribution < 1.29 is 14.7 Å². The van der Waals surface area contributed by atoms with Crippen molar-refractivity contribution in [2.24, 2.45) is 0 Å². The average molecular weight is 357 g/mol. The Hall–Kier alpha value is -0.940.